The van der Waals surface area contributed by atoms with Gasteiger partial charge < -0.3 is 35.1 Å². The second-order valence-electron chi connectivity index (χ2n) is 14.6. The van der Waals surface area contributed by atoms with Crippen LogP contribution >= 0.6 is 7.82 Å². The minimum Gasteiger partial charge on any atom is -0.469 e. The summed E-state index contributed by atoms with van der Waals surface area (Å²) in [6.45, 7) is 1.74. The number of nitrogen functional groups attached to an aromatic ring is 1. The number of aliphatic hydroxyl groups excluding tert-OH is 2. The third kappa shape index (κ3) is 14.4. The monoisotopic (exact) mass is 815 g/mol. The summed E-state index contributed by atoms with van der Waals surface area (Å²) in [6, 6.07) is 8.29. The molecule has 5 N–H and O–H groups in total. The number of aliphatic imine (C=N–C) groups is 1. The highest BCUT2D eigenvalue weighted by molar-refractivity contribution is 7.47. The van der Waals surface area contributed by atoms with Gasteiger partial charge in [0.25, 0.3) is 0 Å². The van der Waals surface area contributed by atoms with Crippen LogP contribution in [0.5, 0.6) is 5.88 Å². The van der Waals surface area contributed by atoms with E-state index >= 15 is 0 Å². The molecule has 3 aromatic rings. The maximum absolute atomic E-state index is 13.1. The number of hydrogen-bond donors (Lipinski definition) is 4. The zero-order valence-electron chi connectivity index (χ0n) is 33.5. The molecule has 0 aliphatic carbocycles. The molecule has 1 fully saturated rings. The maximum Gasteiger partial charge on any atom is 0.472 e. The largest absolute Gasteiger partial charge is 0.472 e. The van der Waals surface area contributed by atoms with Gasteiger partial charge >= 0.3 is 7.82 Å². The van der Waals surface area contributed by atoms with Gasteiger partial charge in [-0.3, -0.25) is 14.0 Å². The Kier molecular flexibility index (Phi) is 19.8. The van der Waals surface area contributed by atoms with Gasteiger partial charge in [-0.2, -0.15) is 10.4 Å². The molecule has 1 aliphatic rings. The molecule has 0 spiro atoms. The molecule has 3 aromatic heterocycles. The summed E-state index contributed by atoms with van der Waals surface area (Å²) in [5, 5.41) is 35.5. The predicted octanol–water partition coefficient (Wildman–Crippen LogP) is 6.45. The summed E-state index contributed by atoms with van der Waals surface area (Å²) in [6.07, 6.45) is 19.0. The van der Waals surface area contributed by atoms with E-state index in [1.165, 1.54) is 120 Å². The minimum absolute atomic E-state index is 0.0370. The van der Waals surface area contributed by atoms with Crippen molar-refractivity contribution in [2.75, 3.05) is 39.2 Å². The van der Waals surface area contributed by atoms with E-state index in [1.54, 1.807) is 18.2 Å². The molecule has 0 amide bonds. The van der Waals surface area contributed by atoms with Crippen LogP contribution in [-0.2, 0) is 28.7 Å². The van der Waals surface area contributed by atoms with Gasteiger partial charge in [-0.05, 0) is 24.6 Å². The molecule has 16 nitrogen and oxygen atoms in total. The first kappa shape index (κ1) is 46.2. The summed E-state index contributed by atoms with van der Waals surface area (Å²) in [5.41, 5.74) is 5.37. The van der Waals surface area contributed by atoms with Crippen LogP contribution in [0, 0.1) is 11.3 Å². The van der Waals surface area contributed by atoms with Crippen molar-refractivity contribution in [1.82, 2.24) is 19.6 Å². The van der Waals surface area contributed by atoms with E-state index < -0.39 is 51.1 Å². The van der Waals surface area contributed by atoms with Gasteiger partial charge in [-0.25, -0.2) is 19.0 Å². The van der Waals surface area contributed by atoms with E-state index in [1.807, 2.05) is 6.07 Å². The third-order valence-electron chi connectivity index (χ3n) is 10.1. The molecular formula is C40H62N7O9P. The number of aromatic nitrogens is 4. The molecule has 316 valence electrons. The van der Waals surface area contributed by atoms with E-state index in [4.69, 9.17) is 34.3 Å². The van der Waals surface area contributed by atoms with E-state index in [0.29, 0.717) is 23.4 Å². The number of aliphatic hydroxyl groups is 2. The Hall–Kier alpha value is -3.52. The van der Waals surface area contributed by atoms with Crippen LogP contribution in [0.25, 0.3) is 5.52 Å². The Bertz CT molecular complexity index is 1720. The molecule has 4 heterocycles. The first-order valence-corrected chi connectivity index (χ1v) is 21.9. The number of rotatable bonds is 29. The average Bonchev–Trinajstić information content (AvgIpc) is 3.75. The van der Waals surface area contributed by atoms with Crippen molar-refractivity contribution in [2.24, 2.45) is 4.99 Å². The molecule has 0 radical (unpaired) electrons. The zero-order valence-corrected chi connectivity index (χ0v) is 34.4. The smallest absolute Gasteiger partial charge is 0.469 e. The van der Waals surface area contributed by atoms with Crippen LogP contribution in [0.15, 0.2) is 41.8 Å². The van der Waals surface area contributed by atoms with Crippen LogP contribution in [0.2, 0.25) is 0 Å². The summed E-state index contributed by atoms with van der Waals surface area (Å²) in [7, 11) is -3.28. The predicted molar refractivity (Wildman–Crippen MR) is 216 cm³/mol. The normalized spacial score (nSPS) is 21.2. The topological polar surface area (TPSA) is 229 Å². The fraction of sp³-hybridized carbons (Fsp3) is 0.675. The number of phosphoric acid groups is 1. The average molecular weight is 816 g/mol. The Morgan fingerprint density at radius 3 is 2.21 bits per heavy atom. The second-order valence-corrected chi connectivity index (χ2v) is 16.1. The number of anilines is 1. The number of hydrogen-bond acceptors (Lipinski definition) is 14. The lowest BCUT2D eigenvalue weighted by Gasteiger charge is -2.27. The first-order chi connectivity index (χ1) is 27.6. The summed E-state index contributed by atoms with van der Waals surface area (Å²) in [5.74, 6) is 0.367. The van der Waals surface area contributed by atoms with Crippen molar-refractivity contribution >= 4 is 25.4 Å². The van der Waals surface area contributed by atoms with Crippen molar-refractivity contribution < 1.29 is 42.9 Å². The molecular weight excluding hydrogens is 753 g/mol. The molecule has 0 saturated carbocycles. The van der Waals surface area contributed by atoms with E-state index in [0.717, 1.165) is 19.3 Å². The number of pyridine rings is 1. The number of nitrogens with zero attached hydrogens (tertiary/aromatic N) is 6. The Morgan fingerprint density at radius 1 is 0.965 bits per heavy atom. The lowest BCUT2D eigenvalue weighted by Crippen LogP contribution is -2.43. The Morgan fingerprint density at radius 2 is 1.61 bits per heavy atom. The van der Waals surface area contributed by atoms with Crippen LogP contribution in [0.4, 0.5) is 5.82 Å². The standard InChI is InChI=1S/C40H62N7O9P/c1-3-4-5-6-7-8-9-10-11-12-13-14-15-16-17-18-23-52-26-32(55-36-22-19-31(24-41)25-44-36)27-53-57(50,51)54-28-34-37(48)38(49)40(56-34,29-43-2)35-21-20-33-39(42)45-30-46-47(33)35/h19-22,25,29-30,32,34,37-38,48-49H,3-18,23,26-28H2,1-2H3,(H,50,51)(H2,42,45,46)/t32-,34-,37-,38-,40+/m1/s1. The van der Waals surface area contributed by atoms with Gasteiger partial charge in [0.2, 0.25) is 5.88 Å². The number of phosphoric ester groups is 1. The summed E-state index contributed by atoms with van der Waals surface area (Å²) >= 11 is 0. The maximum atomic E-state index is 13.1. The first-order valence-electron chi connectivity index (χ1n) is 20.4. The van der Waals surface area contributed by atoms with Crippen molar-refractivity contribution in [3.05, 3.63) is 48.0 Å². The molecule has 17 heteroatoms. The number of nitrogens with two attached hydrogens (primary N) is 1. The number of nitriles is 1. The minimum atomic E-state index is -4.75. The van der Waals surface area contributed by atoms with Crippen molar-refractivity contribution in [3.63, 3.8) is 0 Å². The number of fused-ring (bicyclic) bond motifs is 1. The quantitative estimate of drug-likeness (QED) is 0.0335. The van der Waals surface area contributed by atoms with E-state index in [-0.39, 0.29) is 18.3 Å². The fourth-order valence-electron chi connectivity index (χ4n) is 6.96. The van der Waals surface area contributed by atoms with Crippen LogP contribution < -0.4 is 10.5 Å². The lowest BCUT2D eigenvalue weighted by molar-refractivity contribution is -0.0551. The Balaban J connectivity index is 1.20. The van der Waals surface area contributed by atoms with E-state index in [9.17, 15) is 19.7 Å². The molecule has 6 atom stereocenters. The Labute approximate surface area is 336 Å². The van der Waals surface area contributed by atoms with Gasteiger partial charge in [0.05, 0.1) is 31.1 Å². The lowest BCUT2D eigenvalue weighted by atomic mass is 9.92. The molecule has 0 bridgehead atoms. The van der Waals surface area contributed by atoms with Gasteiger partial charge in [0.1, 0.15) is 42.3 Å². The highest BCUT2D eigenvalue weighted by Gasteiger charge is 2.56. The van der Waals surface area contributed by atoms with Crippen LogP contribution in [0.3, 0.4) is 0 Å². The highest BCUT2D eigenvalue weighted by atomic mass is 31.2. The van der Waals surface area contributed by atoms with Crippen molar-refractivity contribution in [2.45, 2.75) is 140 Å². The van der Waals surface area contributed by atoms with Gasteiger partial charge in [0, 0.05) is 32.1 Å². The van der Waals surface area contributed by atoms with Gasteiger partial charge in [0.15, 0.2) is 11.4 Å². The molecule has 1 aliphatic heterocycles. The van der Waals surface area contributed by atoms with Crippen molar-refractivity contribution in [1.29, 1.82) is 5.26 Å². The van der Waals surface area contributed by atoms with E-state index in [2.05, 4.69) is 27.0 Å². The molecule has 1 unspecified atom stereocenters. The highest BCUT2D eigenvalue weighted by Crippen LogP contribution is 2.46. The molecule has 57 heavy (non-hydrogen) atoms. The van der Waals surface area contributed by atoms with Crippen LogP contribution in [-0.4, -0.2) is 98.8 Å². The number of ether oxygens (including phenoxy) is 3. The van der Waals surface area contributed by atoms with Gasteiger partial charge in [-0.1, -0.05) is 103 Å². The molecule has 4 rings (SSSR count). The number of unbranched alkanes of at least 4 members (excludes halogenated alkanes) is 15. The molecule has 1 saturated heterocycles. The summed E-state index contributed by atoms with van der Waals surface area (Å²) < 4.78 is 42.9. The third-order valence-corrected chi connectivity index (χ3v) is 11.1. The van der Waals surface area contributed by atoms with Crippen LogP contribution in [0.1, 0.15) is 121 Å². The zero-order chi connectivity index (χ0) is 40.9. The fourth-order valence-corrected chi connectivity index (χ4v) is 7.72. The van der Waals surface area contributed by atoms with Crippen molar-refractivity contribution in [3.8, 4) is 11.9 Å². The SMILES string of the molecule is CCCCCCCCCCCCCCCCCCOC[C@H](COP(=O)(O)OC[C@H]1O[C@@](C=NC)(c2ccc3c(N)ncnn23)[C@H](O)[C@@H]1O)Oc1ccc(C#N)cn1. The molecule has 0 aromatic carbocycles. The van der Waals surface area contributed by atoms with Gasteiger partial charge in [-0.15, -0.1) is 0 Å². The second kappa shape index (κ2) is 24.4. The summed E-state index contributed by atoms with van der Waals surface area (Å²) in [4.78, 5) is 22.8.